The summed E-state index contributed by atoms with van der Waals surface area (Å²) in [6, 6.07) is 11.5. The van der Waals surface area contributed by atoms with Crippen LogP contribution in [0.2, 0.25) is 0 Å². The van der Waals surface area contributed by atoms with Crippen molar-refractivity contribution in [2.45, 2.75) is 38.1 Å². The van der Waals surface area contributed by atoms with Gasteiger partial charge in [-0.15, -0.1) is 0 Å². The number of hydrogen-bond acceptors (Lipinski definition) is 7. The summed E-state index contributed by atoms with van der Waals surface area (Å²) in [5.74, 6) is -1.00. The highest BCUT2D eigenvalue weighted by atomic mass is 32.2. The minimum absolute atomic E-state index is 0.0188. The number of aliphatic hydroxyl groups is 1. The number of benzene rings is 3. The van der Waals surface area contributed by atoms with Crippen molar-refractivity contribution in [3.63, 3.8) is 0 Å². The summed E-state index contributed by atoms with van der Waals surface area (Å²) in [5, 5.41) is 9.60. The number of aliphatic hydroxyl groups excluding tert-OH is 1. The van der Waals surface area contributed by atoms with Gasteiger partial charge in [0.1, 0.15) is 23.1 Å². The highest BCUT2D eigenvalue weighted by Gasteiger charge is 2.38. The molecule has 0 saturated heterocycles. The second kappa shape index (κ2) is 11.7. The van der Waals surface area contributed by atoms with E-state index in [9.17, 15) is 35.5 Å². The molecule has 0 unspecified atom stereocenters. The minimum Gasteiger partial charge on any atom is -0.440 e. The number of alkyl halides is 5. The Hall–Kier alpha value is -4.63. The highest BCUT2D eigenvalue weighted by molar-refractivity contribution is 7.90. The van der Waals surface area contributed by atoms with Crippen LogP contribution < -0.4 is 4.74 Å². The highest BCUT2D eigenvalue weighted by Crippen LogP contribution is 2.44. The van der Waals surface area contributed by atoms with Crippen LogP contribution in [-0.4, -0.2) is 41.3 Å². The molecule has 0 saturated carbocycles. The Morgan fingerprint density at radius 3 is 2.22 bits per heavy atom. The predicted octanol–water partition coefficient (Wildman–Crippen LogP) is 7.34. The van der Waals surface area contributed by atoms with Gasteiger partial charge in [-0.25, -0.2) is 22.8 Å². The molecule has 45 heavy (non-hydrogen) atoms. The second-order valence-corrected chi connectivity index (χ2v) is 12.0. The first-order valence-corrected chi connectivity index (χ1v) is 14.9. The zero-order chi connectivity index (χ0) is 32.8. The fraction of sp³-hybridized carbons (Fsp3) is 0.200. The molecular formula is C30H23F6N3O5S. The third-order valence-electron chi connectivity index (χ3n) is 6.76. The predicted molar refractivity (Wildman–Crippen MR) is 150 cm³/mol. The fourth-order valence-electron chi connectivity index (χ4n) is 4.88. The number of nitrogens with one attached hydrogen (secondary N) is 1. The third kappa shape index (κ3) is 6.44. The molecule has 5 aromatic rings. The number of aryl methyl sites for hydroxylation is 2. The Labute approximate surface area is 252 Å². The van der Waals surface area contributed by atoms with E-state index >= 15 is 4.39 Å². The van der Waals surface area contributed by atoms with Crippen LogP contribution in [0.15, 0.2) is 63.9 Å². The lowest BCUT2D eigenvalue weighted by Gasteiger charge is -2.15. The summed E-state index contributed by atoms with van der Waals surface area (Å²) >= 11 is 0. The van der Waals surface area contributed by atoms with Gasteiger partial charge < -0.3 is 19.2 Å². The topological polar surface area (TPSA) is 118 Å². The summed E-state index contributed by atoms with van der Waals surface area (Å²) in [6.07, 6.45) is -4.01. The quantitative estimate of drug-likeness (QED) is 0.169. The molecule has 0 amide bonds. The molecule has 2 aromatic heterocycles. The summed E-state index contributed by atoms with van der Waals surface area (Å²) < 4.78 is 118. The van der Waals surface area contributed by atoms with Crippen LogP contribution in [-0.2, 0) is 22.6 Å². The minimum atomic E-state index is -4.85. The molecule has 3 aromatic carbocycles. The van der Waals surface area contributed by atoms with Crippen molar-refractivity contribution in [1.29, 1.82) is 0 Å². The summed E-state index contributed by atoms with van der Waals surface area (Å²) in [7, 11) is -4.00. The van der Waals surface area contributed by atoms with Crippen LogP contribution in [0.25, 0.3) is 45.0 Å². The molecule has 0 aliphatic carbocycles. The molecule has 0 fully saturated rings. The first-order valence-electron chi connectivity index (χ1n) is 13.0. The Kier molecular flexibility index (Phi) is 8.27. The number of sulfone groups is 1. The molecule has 8 nitrogen and oxygen atoms in total. The van der Waals surface area contributed by atoms with Gasteiger partial charge in [-0.05, 0) is 60.5 Å². The molecule has 0 radical (unpaired) electrons. The largest absolute Gasteiger partial charge is 0.440 e. The molecule has 2 N–H and O–H groups in total. The number of nitrogens with zero attached hydrogens (tertiary/aromatic N) is 2. The van der Waals surface area contributed by atoms with Gasteiger partial charge in [0.05, 0.1) is 17.2 Å². The second-order valence-electron chi connectivity index (χ2n) is 9.98. The maximum atomic E-state index is 15.0. The van der Waals surface area contributed by atoms with E-state index in [1.807, 2.05) is 0 Å². The van der Waals surface area contributed by atoms with Crippen molar-refractivity contribution >= 4 is 9.84 Å². The lowest BCUT2D eigenvalue weighted by atomic mass is 9.93. The Morgan fingerprint density at radius 2 is 1.62 bits per heavy atom. The third-order valence-corrected chi connectivity index (χ3v) is 7.92. The van der Waals surface area contributed by atoms with E-state index in [-0.39, 0.29) is 51.2 Å². The standard InChI is InChI=1S/C30H23F6N3O5S/c1-14-37-26(28(38-14)30(34,35)36)20-9-6-17(18-11-23(31)22(13-40)24(12-18)45(3,41)42)10-21(20)25-27(43-15(2)39-25)16-4-7-19(8-5-16)44-29(32)33/h4-12,29,40H,13H2,1-3H3,(H,37,38). The van der Waals surface area contributed by atoms with Crippen LogP contribution in [0.3, 0.4) is 0 Å². The van der Waals surface area contributed by atoms with Crippen LogP contribution in [0.5, 0.6) is 5.75 Å². The molecule has 5 rings (SSSR count). The number of H-pyrrole nitrogens is 1. The van der Waals surface area contributed by atoms with E-state index in [0.29, 0.717) is 5.56 Å². The van der Waals surface area contributed by atoms with Gasteiger partial charge in [0.25, 0.3) is 0 Å². The van der Waals surface area contributed by atoms with E-state index < -0.39 is 56.9 Å². The maximum Gasteiger partial charge on any atom is 0.435 e. The van der Waals surface area contributed by atoms with Crippen LogP contribution >= 0.6 is 0 Å². The molecule has 0 aliphatic rings. The van der Waals surface area contributed by atoms with Crippen molar-refractivity contribution in [3.8, 4) is 50.7 Å². The maximum absolute atomic E-state index is 15.0. The summed E-state index contributed by atoms with van der Waals surface area (Å²) in [5.41, 5.74) is -1.39. The van der Waals surface area contributed by atoms with Crippen LogP contribution in [0, 0.1) is 19.7 Å². The zero-order valence-electron chi connectivity index (χ0n) is 23.6. The normalized spacial score (nSPS) is 12.2. The number of aromatic amines is 1. The number of rotatable bonds is 8. The lowest BCUT2D eigenvalue weighted by Crippen LogP contribution is -2.08. The molecule has 2 heterocycles. The molecule has 0 bridgehead atoms. The Balaban J connectivity index is 1.78. The van der Waals surface area contributed by atoms with E-state index in [1.165, 1.54) is 56.3 Å². The lowest BCUT2D eigenvalue weighted by molar-refractivity contribution is -0.140. The average molecular weight is 652 g/mol. The van der Waals surface area contributed by atoms with Gasteiger partial charge in [0.2, 0.25) is 0 Å². The van der Waals surface area contributed by atoms with Gasteiger partial charge >= 0.3 is 12.8 Å². The number of aromatic nitrogens is 3. The molecule has 236 valence electrons. The van der Waals surface area contributed by atoms with Crippen molar-refractivity contribution in [2.75, 3.05) is 6.26 Å². The van der Waals surface area contributed by atoms with Crippen LogP contribution in [0.4, 0.5) is 26.3 Å². The molecule has 0 atom stereocenters. The molecule has 0 spiro atoms. The van der Waals surface area contributed by atoms with Gasteiger partial charge in [-0.3, -0.25) is 0 Å². The monoisotopic (exact) mass is 651 g/mol. The number of oxazole rings is 1. The van der Waals surface area contributed by atoms with Crippen molar-refractivity contribution in [1.82, 2.24) is 15.0 Å². The fourth-order valence-corrected chi connectivity index (χ4v) is 5.84. The molecular weight excluding hydrogens is 628 g/mol. The number of halogens is 6. The molecule has 0 aliphatic heterocycles. The van der Waals surface area contributed by atoms with E-state index in [4.69, 9.17) is 4.42 Å². The average Bonchev–Trinajstić information content (AvgIpc) is 3.54. The van der Waals surface area contributed by atoms with Crippen molar-refractivity contribution in [2.24, 2.45) is 0 Å². The summed E-state index contributed by atoms with van der Waals surface area (Å²) in [4.78, 5) is 10.2. The summed E-state index contributed by atoms with van der Waals surface area (Å²) in [6.45, 7) is -1.11. The van der Waals surface area contributed by atoms with Crippen molar-refractivity contribution < 1.29 is 49.0 Å². The molecule has 15 heteroatoms. The van der Waals surface area contributed by atoms with Gasteiger partial charge in [0, 0.05) is 35.4 Å². The first kappa shape index (κ1) is 31.8. The first-order chi connectivity index (χ1) is 21.1. The smallest absolute Gasteiger partial charge is 0.435 e. The Morgan fingerprint density at radius 1 is 0.956 bits per heavy atom. The van der Waals surface area contributed by atoms with Gasteiger partial charge in [-0.2, -0.15) is 22.0 Å². The number of ether oxygens (including phenoxy) is 1. The van der Waals surface area contributed by atoms with Crippen molar-refractivity contribution in [3.05, 3.63) is 83.4 Å². The zero-order valence-corrected chi connectivity index (χ0v) is 24.4. The van der Waals surface area contributed by atoms with Gasteiger partial charge in [0.15, 0.2) is 27.2 Å². The number of hydrogen-bond donors (Lipinski definition) is 2. The van der Waals surface area contributed by atoms with Crippen LogP contribution in [0.1, 0.15) is 23.0 Å². The van der Waals surface area contributed by atoms with E-state index in [1.54, 1.807) is 0 Å². The SMILES string of the molecule is Cc1nc(C(F)(F)F)c(-c2ccc(-c3cc(F)c(CO)c(S(C)(=O)=O)c3)cc2-c2nc(C)oc2-c2ccc(OC(F)F)cc2)[nH]1. The van der Waals surface area contributed by atoms with E-state index in [2.05, 4.69) is 19.7 Å². The number of imidazole rings is 1. The van der Waals surface area contributed by atoms with E-state index in [0.717, 1.165) is 18.4 Å². The van der Waals surface area contributed by atoms with Gasteiger partial charge in [-0.1, -0.05) is 12.1 Å². The Bertz CT molecular complexity index is 2000.